The van der Waals surface area contributed by atoms with Gasteiger partial charge in [-0.1, -0.05) is 0 Å². The lowest BCUT2D eigenvalue weighted by molar-refractivity contribution is 0.400. The van der Waals surface area contributed by atoms with Crippen LogP contribution in [0.15, 0.2) is 36.2 Å². The molecular formula is C19H24N8S. The molecule has 0 aliphatic rings. The number of aromatic amines is 1. The third kappa shape index (κ3) is 4.06. The van der Waals surface area contributed by atoms with Gasteiger partial charge in [-0.05, 0) is 38.0 Å². The normalized spacial score (nSPS) is 11.6. The number of H-pyrrole nitrogens is 1. The standard InChI is InChI=1S/C19H24N8S/c1-13-11-27-16(15-8-22-23-9-15)10-21-19(27)18(24-13)25-17-6-14(12-28-17)7-20-4-5-26(2)3/h6,8-12,20H,4-5,7H2,1-3H3,(H,22,23)(H,24,25). The highest BCUT2D eigenvalue weighted by molar-refractivity contribution is 7.14. The zero-order valence-corrected chi connectivity index (χ0v) is 17.0. The first-order valence-corrected chi connectivity index (χ1v) is 10.0. The fourth-order valence-electron chi connectivity index (χ4n) is 2.98. The number of aromatic nitrogens is 5. The molecule has 0 atom stereocenters. The quantitative estimate of drug-likeness (QED) is 0.397. The molecule has 4 rings (SSSR count). The molecule has 0 saturated carbocycles. The van der Waals surface area contributed by atoms with E-state index in [2.05, 4.69) is 61.2 Å². The summed E-state index contributed by atoms with van der Waals surface area (Å²) in [6.45, 7) is 4.84. The van der Waals surface area contributed by atoms with Crippen molar-refractivity contribution in [2.75, 3.05) is 32.5 Å². The van der Waals surface area contributed by atoms with Gasteiger partial charge in [0.05, 0.1) is 28.8 Å². The second-order valence-corrected chi connectivity index (χ2v) is 7.89. The van der Waals surface area contributed by atoms with E-state index in [1.54, 1.807) is 17.5 Å². The average Bonchev–Trinajstić information content (AvgIpc) is 3.39. The maximum atomic E-state index is 4.66. The van der Waals surface area contributed by atoms with E-state index < -0.39 is 0 Å². The van der Waals surface area contributed by atoms with Crippen molar-refractivity contribution < 1.29 is 0 Å². The Bertz CT molecular complexity index is 1050. The van der Waals surface area contributed by atoms with Gasteiger partial charge in [-0.2, -0.15) is 5.10 Å². The average molecular weight is 397 g/mol. The Labute approximate surface area is 167 Å². The van der Waals surface area contributed by atoms with Crippen molar-refractivity contribution in [1.29, 1.82) is 0 Å². The van der Waals surface area contributed by atoms with Crippen LogP contribution in [0.3, 0.4) is 0 Å². The summed E-state index contributed by atoms with van der Waals surface area (Å²) in [4.78, 5) is 11.4. The van der Waals surface area contributed by atoms with Gasteiger partial charge in [-0.15, -0.1) is 11.3 Å². The molecule has 4 aromatic rings. The Morgan fingerprint density at radius 3 is 2.96 bits per heavy atom. The summed E-state index contributed by atoms with van der Waals surface area (Å²) in [5, 5.41) is 17.0. The first-order chi connectivity index (χ1) is 13.6. The van der Waals surface area contributed by atoms with Gasteiger partial charge >= 0.3 is 0 Å². The van der Waals surface area contributed by atoms with Gasteiger partial charge in [-0.25, -0.2) is 9.97 Å². The highest BCUT2D eigenvalue weighted by atomic mass is 32.1. The van der Waals surface area contributed by atoms with Crippen LogP contribution in [-0.4, -0.2) is 56.7 Å². The Balaban J connectivity index is 1.52. The number of imidazole rings is 1. The molecule has 4 heterocycles. The molecule has 0 aliphatic heterocycles. The summed E-state index contributed by atoms with van der Waals surface area (Å²) < 4.78 is 2.05. The van der Waals surface area contributed by atoms with Crippen LogP contribution in [0.5, 0.6) is 0 Å². The number of fused-ring (bicyclic) bond motifs is 1. The predicted molar refractivity (Wildman–Crippen MR) is 113 cm³/mol. The fourth-order valence-corrected chi connectivity index (χ4v) is 3.79. The largest absolute Gasteiger partial charge is 0.329 e. The third-order valence-corrected chi connectivity index (χ3v) is 5.26. The smallest absolute Gasteiger partial charge is 0.180 e. The number of thiophene rings is 1. The first-order valence-electron chi connectivity index (χ1n) is 9.14. The van der Waals surface area contributed by atoms with Crippen LogP contribution in [0, 0.1) is 6.92 Å². The first kappa shape index (κ1) is 18.6. The molecule has 0 unspecified atom stereocenters. The van der Waals surface area contributed by atoms with E-state index >= 15 is 0 Å². The Morgan fingerprint density at radius 1 is 1.29 bits per heavy atom. The minimum absolute atomic E-state index is 0.753. The highest BCUT2D eigenvalue weighted by Crippen LogP contribution is 2.28. The number of anilines is 2. The molecule has 0 amide bonds. The van der Waals surface area contributed by atoms with Crippen molar-refractivity contribution in [3.8, 4) is 11.3 Å². The minimum Gasteiger partial charge on any atom is -0.329 e. The number of hydrogen-bond donors (Lipinski definition) is 3. The van der Waals surface area contributed by atoms with Gasteiger partial charge in [-0.3, -0.25) is 9.50 Å². The summed E-state index contributed by atoms with van der Waals surface area (Å²) in [5.41, 5.74) is 4.94. The second kappa shape index (κ2) is 8.09. The summed E-state index contributed by atoms with van der Waals surface area (Å²) in [7, 11) is 4.16. The summed E-state index contributed by atoms with van der Waals surface area (Å²) in [6, 6.07) is 2.16. The van der Waals surface area contributed by atoms with Gasteiger partial charge < -0.3 is 15.5 Å². The lowest BCUT2D eigenvalue weighted by Crippen LogP contribution is -2.25. The van der Waals surface area contributed by atoms with Gasteiger partial charge in [0.15, 0.2) is 11.5 Å². The third-order valence-electron chi connectivity index (χ3n) is 4.37. The zero-order chi connectivity index (χ0) is 19.5. The van der Waals surface area contributed by atoms with Gasteiger partial charge in [0, 0.05) is 37.6 Å². The number of aryl methyl sites for hydroxylation is 1. The lowest BCUT2D eigenvalue weighted by atomic mass is 10.3. The SMILES string of the molecule is Cc1cn2c(-c3cn[nH]c3)cnc2c(Nc2cc(CNCCN(C)C)cs2)n1. The molecule has 0 aliphatic carbocycles. The summed E-state index contributed by atoms with van der Waals surface area (Å²) in [6.07, 6.45) is 7.49. The van der Waals surface area contributed by atoms with E-state index in [-0.39, 0.29) is 0 Å². The van der Waals surface area contributed by atoms with Crippen LogP contribution < -0.4 is 10.6 Å². The topological polar surface area (TPSA) is 86.2 Å². The van der Waals surface area contributed by atoms with E-state index in [4.69, 9.17) is 0 Å². The second-order valence-electron chi connectivity index (χ2n) is 6.98. The van der Waals surface area contributed by atoms with Crippen molar-refractivity contribution in [3.05, 3.63) is 47.5 Å². The maximum absolute atomic E-state index is 4.66. The van der Waals surface area contributed by atoms with Crippen molar-refractivity contribution in [3.63, 3.8) is 0 Å². The fraction of sp³-hybridized carbons (Fsp3) is 0.316. The molecule has 0 spiro atoms. The van der Waals surface area contributed by atoms with Gasteiger partial charge in [0.1, 0.15) is 0 Å². The molecule has 0 fully saturated rings. The molecule has 0 bridgehead atoms. The number of rotatable bonds is 8. The highest BCUT2D eigenvalue weighted by Gasteiger charge is 2.13. The van der Waals surface area contributed by atoms with Gasteiger partial charge in [0.2, 0.25) is 0 Å². The Kier molecular flexibility index (Phi) is 5.38. The van der Waals surface area contributed by atoms with Crippen LogP contribution in [0.1, 0.15) is 11.3 Å². The summed E-state index contributed by atoms with van der Waals surface area (Å²) >= 11 is 1.67. The maximum Gasteiger partial charge on any atom is 0.180 e. The lowest BCUT2D eigenvalue weighted by Gasteiger charge is -2.09. The molecular weight excluding hydrogens is 372 g/mol. The van der Waals surface area contributed by atoms with Crippen molar-refractivity contribution in [2.24, 2.45) is 0 Å². The van der Waals surface area contributed by atoms with Crippen LogP contribution in [0.2, 0.25) is 0 Å². The number of likely N-dealkylation sites (N-methyl/N-ethyl adjacent to an activating group) is 1. The Hall–Kier alpha value is -2.75. The monoisotopic (exact) mass is 396 g/mol. The predicted octanol–water partition coefficient (Wildman–Crippen LogP) is 2.88. The molecule has 146 valence electrons. The van der Waals surface area contributed by atoms with Crippen LogP contribution in [-0.2, 0) is 6.54 Å². The molecule has 3 N–H and O–H groups in total. The van der Waals surface area contributed by atoms with Crippen molar-refractivity contribution in [2.45, 2.75) is 13.5 Å². The van der Waals surface area contributed by atoms with E-state index in [1.807, 2.05) is 29.9 Å². The molecule has 0 aromatic carbocycles. The van der Waals surface area contributed by atoms with E-state index in [0.29, 0.717) is 0 Å². The number of hydrogen-bond acceptors (Lipinski definition) is 7. The van der Waals surface area contributed by atoms with Crippen LogP contribution >= 0.6 is 11.3 Å². The van der Waals surface area contributed by atoms with E-state index in [9.17, 15) is 0 Å². The van der Waals surface area contributed by atoms with Crippen LogP contribution in [0.4, 0.5) is 10.8 Å². The number of nitrogens with one attached hydrogen (secondary N) is 3. The molecule has 0 radical (unpaired) electrons. The molecule has 28 heavy (non-hydrogen) atoms. The molecule has 9 heteroatoms. The van der Waals surface area contributed by atoms with Crippen molar-refractivity contribution >= 4 is 27.8 Å². The van der Waals surface area contributed by atoms with E-state index in [0.717, 1.165) is 53.1 Å². The van der Waals surface area contributed by atoms with Crippen molar-refractivity contribution in [1.82, 2.24) is 34.8 Å². The van der Waals surface area contributed by atoms with Crippen LogP contribution in [0.25, 0.3) is 16.9 Å². The molecule has 4 aromatic heterocycles. The van der Waals surface area contributed by atoms with Gasteiger partial charge in [0.25, 0.3) is 0 Å². The molecule has 0 saturated heterocycles. The zero-order valence-electron chi connectivity index (χ0n) is 16.2. The molecule has 8 nitrogen and oxygen atoms in total. The number of nitrogens with zero attached hydrogens (tertiary/aromatic N) is 5. The Morgan fingerprint density at radius 2 is 2.18 bits per heavy atom. The minimum atomic E-state index is 0.753. The summed E-state index contributed by atoms with van der Waals surface area (Å²) in [5.74, 6) is 0.753. The van der Waals surface area contributed by atoms with E-state index in [1.165, 1.54) is 5.56 Å².